The summed E-state index contributed by atoms with van der Waals surface area (Å²) in [6, 6.07) is 11.8. The Kier molecular flexibility index (Phi) is 5.20. The molecule has 0 bridgehead atoms. The molecule has 27 heavy (non-hydrogen) atoms. The Morgan fingerprint density at radius 3 is 2.89 bits per heavy atom. The topological polar surface area (TPSA) is 67.2 Å². The van der Waals surface area contributed by atoms with Gasteiger partial charge in [-0.05, 0) is 30.7 Å². The van der Waals surface area contributed by atoms with Crippen LogP contribution in [0.2, 0.25) is 0 Å². The molecule has 2 saturated heterocycles. The lowest BCUT2D eigenvalue weighted by molar-refractivity contribution is -0.0262. The molecule has 7 nitrogen and oxygen atoms in total. The lowest BCUT2D eigenvalue weighted by Crippen LogP contribution is -2.50. The Labute approximate surface area is 158 Å². The van der Waals surface area contributed by atoms with Crippen LogP contribution in [-0.4, -0.2) is 56.9 Å². The molecule has 0 aliphatic carbocycles. The van der Waals surface area contributed by atoms with Crippen LogP contribution in [0.5, 0.6) is 5.75 Å². The molecule has 4 rings (SSSR count). The lowest BCUT2D eigenvalue weighted by atomic mass is 10.2. The van der Waals surface area contributed by atoms with Crippen LogP contribution in [0, 0.1) is 0 Å². The Morgan fingerprint density at radius 2 is 2.07 bits per heavy atom. The zero-order valence-corrected chi connectivity index (χ0v) is 15.5. The Balaban J connectivity index is 1.34. The normalized spacial score (nSPS) is 22.7. The minimum absolute atomic E-state index is 0.0401. The third-order valence-corrected chi connectivity index (χ3v) is 5.16. The second kappa shape index (κ2) is 7.92. The van der Waals surface area contributed by atoms with Gasteiger partial charge in [-0.15, -0.1) is 0 Å². The Morgan fingerprint density at radius 1 is 1.19 bits per heavy atom. The Bertz CT molecular complexity index is 764. The van der Waals surface area contributed by atoms with Gasteiger partial charge in [-0.25, -0.2) is 4.79 Å². The minimum Gasteiger partial charge on any atom is -0.495 e. The maximum absolute atomic E-state index is 12.7. The number of anilines is 1. The van der Waals surface area contributed by atoms with Crippen molar-refractivity contribution < 1.29 is 18.7 Å². The van der Waals surface area contributed by atoms with Gasteiger partial charge < -0.3 is 29.0 Å². The zero-order valence-electron chi connectivity index (χ0n) is 15.5. The van der Waals surface area contributed by atoms with E-state index in [1.165, 1.54) is 0 Å². The van der Waals surface area contributed by atoms with E-state index in [4.69, 9.17) is 13.9 Å². The maximum atomic E-state index is 12.7. The van der Waals surface area contributed by atoms with Gasteiger partial charge in [0.25, 0.3) is 0 Å². The molecule has 2 unspecified atom stereocenters. The molecule has 1 aromatic heterocycles. The molecule has 2 amide bonds. The SMILES string of the molecule is COc1ccccc1N1CCC(NC(=O)N2CCOC(c3ccco3)C2)C1. The second-order valence-corrected chi connectivity index (χ2v) is 6.87. The van der Waals surface area contributed by atoms with Crippen molar-refractivity contribution in [1.29, 1.82) is 0 Å². The number of hydrogen-bond acceptors (Lipinski definition) is 5. The van der Waals surface area contributed by atoms with E-state index >= 15 is 0 Å². The van der Waals surface area contributed by atoms with Crippen LogP contribution in [0.15, 0.2) is 47.1 Å². The third-order valence-electron chi connectivity index (χ3n) is 5.16. The molecular formula is C20H25N3O4. The number of nitrogens with zero attached hydrogens (tertiary/aromatic N) is 2. The monoisotopic (exact) mass is 371 g/mol. The largest absolute Gasteiger partial charge is 0.495 e. The minimum atomic E-state index is -0.201. The van der Waals surface area contributed by atoms with Gasteiger partial charge in [0.05, 0.1) is 32.2 Å². The molecule has 0 radical (unpaired) electrons. The van der Waals surface area contributed by atoms with Crippen molar-refractivity contribution in [3.8, 4) is 5.75 Å². The number of furan rings is 1. The van der Waals surface area contributed by atoms with Gasteiger partial charge in [-0.3, -0.25) is 0 Å². The predicted molar refractivity (Wildman–Crippen MR) is 101 cm³/mol. The standard InChI is InChI=1S/C20H25N3O4/c1-25-17-6-3-2-5-16(17)22-9-8-15(13-22)21-20(24)23-10-12-27-19(14-23)18-7-4-11-26-18/h2-7,11,15,19H,8-10,12-14H2,1H3,(H,21,24). The molecule has 2 aliphatic rings. The fourth-order valence-electron chi connectivity index (χ4n) is 3.73. The van der Waals surface area contributed by atoms with Crippen LogP contribution in [0.1, 0.15) is 18.3 Å². The number of rotatable bonds is 4. The van der Waals surface area contributed by atoms with Crippen molar-refractivity contribution >= 4 is 11.7 Å². The summed E-state index contributed by atoms with van der Waals surface area (Å²) in [7, 11) is 1.68. The van der Waals surface area contributed by atoms with E-state index in [1.54, 1.807) is 13.4 Å². The fraction of sp³-hybridized carbons (Fsp3) is 0.450. The van der Waals surface area contributed by atoms with Crippen molar-refractivity contribution in [1.82, 2.24) is 10.2 Å². The summed E-state index contributed by atoms with van der Waals surface area (Å²) < 4.78 is 16.6. The average molecular weight is 371 g/mol. The van der Waals surface area contributed by atoms with Crippen LogP contribution in [-0.2, 0) is 4.74 Å². The average Bonchev–Trinajstić information content (AvgIpc) is 3.40. The number of morpholine rings is 1. The van der Waals surface area contributed by atoms with E-state index in [1.807, 2.05) is 35.2 Å². The number of urea groups is 1. The summed E-state index contributed by atoms with van der Waals surface area (Å²) in [5.74, 6) is 1.62. The molecular weight excluding hydrogens is 346 g/mol. The van der Waals surface area contributed by atoms with Crippen LogP contribution < -0.4 is 15.0 Å². The van der Waals surface area contributed by atoms with Gasteiger partial charge in [0.15, 0.2) is 0 Å². The van der Waals surface area contributed by atoms with Crippen molar-refractivity contribution in [2.24, 2.45) is 0 Å². The molecule has 2 fully saturated rings. The quantitative estimate of drug-likeness (QED) is 0.895. The Hall–Kier alpha value is -2.67. The van der Waals surface area contributed by atoms with Crippen molar-refractivity contribution in [3.05, 3.63) is 48.4 Å². The molecule has 2 aromatic rings. The fourth-order valence-corrected chi connectivity index (χ4v) is 3.73. The molecule has 2 aliphatic heterocycles. The van der Waals surface area contributed by atoms with Crippen LogP contribution in [0.25, 0.3) is 0 Å². The van der Waals surface area contributed by atoms with Crippen molar-refractivity contribution in [3.63, 3.8) is 0 Å². The lowest BCUT2D eigenvalue weighted by Gasteiger charge is -2.32. The van der Waals surface area contributed by atoms with E-state index in [9.17, 15) is 4.79 Å². The van der Waals surface area contributed by atoms with E-state index in [-0.39, 0.29) is 18.2 Å². The van der Waals surface area contributed by atoms with Gasteiger partial charge in [0, 0.05) is 25.7 Å². The summed E-state index contributed by atoms with van der Waals surface area (Å²) in [6.45, 7) is 3.27. The van der Waals surface area contributed by atoms with Gasteiger partial charge >= 0.3 is 6.03 Å². The first-order chi connectivity index (χ1) is 13.2. The molecule has 1 aromatic carbocycles. The number of ether oxygens (including phenoxy) is 2. The summed E-state index contributed by atoms with van der Waals surface area (Å²) in [4.78, 5) is 16.8. The second-order valence-electron chi connectivity index (χ2n) is 6.87. The number of carbonyl (C=O) groups is 1. The molecule has 1 N–H and O–H groups in total. The highest BCUT2D eigenvalue weighted by molar-refractivity contribution is 5.75. The maximum Gasteiger partial charge on any atom is 0.317 e. The molecule has 144 valence electrons. The number of hydrogen-bond donors (Lipinski definition) is 1. The first-order valence-electron chi connectivity index (χ1n) is 9.33. The van der Waals surface area contributed by atoms with Gasteiger partial charge in [0.1, 0.15) is 17.6 Å². The number of amides is 2. The number of methoxy groups -OCH3 is 1. The molecule has 3 heterocycles. The highest BCUT2D eigenvalue weighted by Crippen LogP contribution is 2.30. The predicted octanol–water partition coefficient (Wildman–Crippen LogP) is 2.65. The molecule has 2 atom stereocenters. The van der Waals surface area contributed by atoms with E-state index < -0.39 is 0 Å². The van der Waals surface area contributed by atoms with E-state index in [0.29, 0.717) is 19.7 Å². The first-order valence-corrected chi connectivity index (χ1v) is 9.33. The van der Waals surface area contributed by atoms with E-state index in [0.717, 1.165) is 36.7 Å². The molecule has 7 heteroatoms. The van der Waals surface area contributed by atoms with Crippen LogP contribution in [0.4, 0.5) is 10.5 Å². The number of para-hydroxylation sites is 2. The summed E-state index contributed by atoms with van der Waals surface area (Å²) in [5, 5.41) is 3.17. The highest BCUT2D eigenvalue weighted by Gasteiger charge is 2.30. The van der Waals surface area contributed by atoms with E-state index in [2.05, 4.69) is 16.3 Å². The smallest absolute Gasteiger partial charge is 0.317 e. The highest BCUT2D eigenvalue weighted by atomic mass is 16.5. The van der Waals surface area contributed by atoms with Crippen molar-refractivity contribution in [2.45, 2.75) is 18.6 Å². The summed E-state index contributed by atoms with van der Waals surface area (Å²) in [6.07, 6.45) is 2.34. The number of carbonyl (C=O) groups excluding carboxylic acids is 1. The van der Waals surface area contributed by atoms with Crippen LogP contribution in [0.3, 0.4) is 0 Å². The molecule has 0 saturated carbocycles. The zero-order chi connectivity index (χ0) is 18.6. The van der Waals surface area contributed by atoms with Gasteiger partial charge in [-0.1, -0.05) is 12.1 Å². The van der Waals surface area contributed by atoms with Crippen molar-refractivity contribution in [2.75, 3.05) is 44.8 Å². The summed E-state index contributed by atoms with van der Waals surface area (Å²) >= 11 is 0. The third kappa shape index (κ3) is 3.88. The number of nitrogens with one attached hydrogen (secondary N) is 1. The van der Waals surface area contributed by atoms with Gasteiger partial charge in [0.2, 0.25) is 0 Å². The first kappa shape index (κ1) is 17.7. The number of benzene rings is 1. The van der Waals surface area contributed by atoms with Crippen LogP contribution >= 0.6 is 0 Å². The molecule has 0 spiro atoms. The summed E-state index contributed by atoms with van der Waals surface area (Å²) in [5.41, 5.74) is 1.07. The van der Waals surface area contributed by atoms with Gasteiger partial charge in [-0.2, -0.15) is 0 Å².